The largest absolute Gasteiger partial charge is 0.293 e. The van der Waals surface area contributed by atoms with Crippen molar-refractivity contribution in [3.05, 3.63) is 11.5 Å². The lowest BCUT2D eigenvalue weighted by atomic mass is 10.7. The first-order valence-electron chi connectivity index (χ1n) is 3.02. The van der Waals surface area contributed by atoms with Gasteiger partial charge in [-0.1, -0.05) is 6.58 Å². The van der Waals surface area contributed by atoms with Crippen LogP contribution in [-0.4, -0.2) is 36.8 Å². The highest BCUT2D eigenvalue weighted by atomic mass is 32.2. The standard InChI is InChI=1S/C5H10O6S2/c1-5(13(8,9)11-3)4-12(6,7)10-2/h1,4H2,2-3H3. The zero-order valence-electron chi connectivity index (χ0n) is 7.18. The van der Waals surface area contributed by atoms with E-state index in [4.69, 9.17) is 0 Å². The van der Waals surface area contributed by atoms with E-state index in [1.807, 2.05) is 0 Å². The van der Waals surface area contributed by atoms with Crippen LogP contribution in [0.3, 0.4) is 0 Å². The van der Waals surface area contributed by atoms with Gasteiger partial charge in [0.05, 0.1) is 19.1 Å². The van der Waals surface area contributed by atoms with Crippen LogP contribution in [0.5, 0.6) is 0 Å². The molecule has 78 valence electrons. The third-order valence-electron chi connectivity index (χ3n) is 1.16. The topological polar surface area (TPSA) is 86.7 Å². The number of rotatable bonds is 5. The molecule has 0 N–H and O–H groups in total. The molecule has 0 fully saturated rings. The van der Waals surface area contributed by atoms with Gasteiger partial charge >= 0.3 is 0 Å². The molecular weight excluding hydrogens is 220 g/mol. The fourth-order valence-electron chi connectivity index (χ4n) is 0.446. The third-order valence-corrected chi connectivity index (χ3v) is 3.85. The van der Waals surface area contributed by atoms with Crippen molar-refractivity contribution in [3.63, 3.8) is 0 Å². The molecule has 0 amide bonds. The van der Waals surface area contributed by atoms with E-state index in [-0.39, 0.29) is 0 Å². The van der Waals surface area contributed by atoms with Crippen LogP contribution in [-0.2, 0) is 28.6 Å². The molecule has 0 aliphatic rings. The molecule has 0 aromatic heterocycles. The van der Waals surface area contributed by atoms with E-state index in [1.54, 1.807) is 0 Å². The Morgan fingerprint density at radius 3 is 1.92 bits per heavy atom. The monoisotopic (exact) mass is 230 g/mol. The van der Waals surface area contributed by atoms with Crippen molar-refractivity contribution < 1.29 is 25.2 Å². The van der Waals surface area contributed by atoms with E-state index in [9.17, 15) is 16.8 Å². The number of hydrogen-bond donors (Lipinski definition) is 0. The van der Waals surface area contributed by atoms with E-state index >= 15 is 0 Å². The highest BCUT2D eigenvalue weighted by molar-refractivity contribution is 7.93. The maximum atomic E-state index is 10.9. The Hall–Kier alpha value is -0.440. The lowest BCUT2D eigenvalue weighted by molar-refractivity contribution is 0.394. The summed E-state index contributed by atoms with van der Waals surface area (Å²) in [6.45, 7) is 3.06. The lowest BCUT2D eigenvalue weighted by Crippen LogP contribution is -2.16. The summed E-state index contributed by atoms with van der Waals surface area (Å²) in [6.07, 6.45) is 0. The molecule has 0 aromatic rings. The van der Waals surface area contributed by atoms with E-state index in [2.05, 4.69) is 14.9 Å². The molecule has 0 spiro atoms. The smallest absolute Gasteiger partial charge is 0.273 e. The second-order valence-corrected chi connectivity index (χ2v) is 5.58. The van der Waals surface area contributed by atoms with E-state index in [0.717, 1.165) is 14.2 Å². The van der Waals surface area contributed by atoms with Gasteiger partial charge in [0.2, 0.25) is 0 Å². The summed E-state index contributed by atoms with van der Waals surface area (Å²) in [5.41, 5.74) is 0. The Labute approximate surface area is 77.4 Å². The third kappa shape index (κ3) is 3.85. The molecule has 0 radical (unpaired) electrons. The van der Waals surface area contributed by atoms with Gasteiger partial charge in [-0.25, -0.2) is 0 Å². The van der Waals surface area contributed by atoms with Crippen molar-refractivity contribution in [1.29, 1.82) is 0 Å². The minimum absolute atomic E-state index is 0.558. The van der Waals surface area contributed by atoms with Crippen molar-refractivity contribution in [2.45, 2.75) is 0 Å². The van der Waals surface area contributed by atoms with Crippen molar-refractivity contribution in [1.82, 2.24) is 0 Å². The zero-order valence-corrected chi connectivity index (χ0v) is 8.81. The molecule has 6 nitrogen and oxygen atoms in total. The Balaban J connectivity index is 4.71. The van der Waals surface area contributed by atoms with Crippen molar-refractivity contribution in [2.24, 2.45) is 0 Å². The van der Waals surface area contributed by atoms with Gasteiger partial charge in [-0.05, 0) is 0 Å². The summed E-state index contributed by atoms with van der Waals surface area (Å²) in [5, 5.41) is 0. The van der Waals surface area contributed by atoms with E-state index in [0.29, 0.717) is 0 Å². The van der Waals surface area contributed by atoms with Gasteiger partial charge in [0.25, 0.3) is 20.2 Å². The molecule has 0 aliphatic heterocycles. The van der Waals surface area contributed by atoms with Crippen LogP contribution in [0, 0.1) is 0 Å². The molecule has 0 saturated heterocycles. The van der Waals surface area contributed by atoms with E-state index < -0.39 is 30.9 Å². The van der Waals surface area contributed by atoms with Crippen LogP contribution in [0.2, 0.25) is 0 Å². The van der Waals surface area contributed by atoms with E-state index in [1.165, 1.54) is 0 Å². The van der Waals surface area contributed by atoms with Gasteiger partial charge in [0, 0.05) is 0 Å². The second kappa shape index (κ2) is 4.18. The molecule has 0 aromatic carbocycles. The Morgan fingerprint density at radius 2 is 1.62 bits per heavy atom. The summed E-state index contributed by atoms with van der Waals surface area (Å²) >= 11 is 0. The lowest BCUT2D eigenvalue weighted by Gasteiger charge is -2.04. The first-order valence-corrected chi connectivity index (χ1v) is 6.00. The molecule has 0 heterocycles. The van der Waals surface area contributed by atoms with Gasteiger partial charge in [0.15, 0.2) is 0 Å². The Morgan fingerprint density at radius 1 is 1.15 bits per heavy atom. The van der Waals surface area contributed by atoms with Crippen molar-refractivity contribution in [3.8, 4) is 0 Å². The second-order valence-electron chi connectivity index (χ2n) is 2.03. The highest BCUT2D eigenvalue weighted by Gasteiger charge is 2.21. The van der Waals surface area contributed by atoms with Gasteiger partial charge < -0.3 is 0 Å². The summed E-state index contributed by atoms with van der Waals surface area (Å²) < 4.78 is 51.3. The average molecular weight is 230 g/mol. The minimum Gasteiger partial charge on any atom is -0.273 e. The molecule has 0 rings (SSSR count). The highest BCUT2D eigenvalue weighted by Crippen LogP contribution is 2.08. The fourth-order valence-corrected chi connectivity index (χ4v) is 2.20. The maximum absolute atomic E-state index is 10.9. The SMILES string of the molecule is C=C(CS(=O)(=O)OC)S(=O)(=O)OC. The van der Waals surface area contributed by atoms with Gasteiger partial charge in [-0.15, -0.1) is 0 Å². The quantitative estimate of drug-likeness (QED) is 0.589. The van der Waals surface area contributed by atoms with Crippen molar-refractivity contribution >= 4 is 20.2 Å². The van der Waals surface area contributed by atoms with Crippen LogP contribution < -0.4 is 0 Å². The Kier molecular flexibility index (Phi) is 4.04. The van der Waals surface area contributed by atoms with Gasteiger partial charge in [-0.2, -0.15) is 16.8 Å². The molecule has 0 bridgehead atoms. The first kappa shape index (κ1) is 12.6. The number of hydrogen-bond acceptors (Lipinski definition) is 6. The summed E-state index contributed by atoms with van der Waals surface area (Å²) in [6, 6.07) is 0. The molecule has 0 saturated carbocycles. The molecule has 13 heavy (non-hydrogen) atoms. The molecule has 8 heteroatoms. The van der Waals surface area contributed by atoms with Crippen LogP contribution in [0.25, 0.3) is 0 Å². The average Bonchev–Trinajstić information content (AvgIpc) is 2.04. The van der Waals surface area contributed by atoms with Gasteiger partial charge in [0.1, 0.15) is 5.75 Å². The van der Waals surface area contributed by atoms with Crippen molar-refractivity contribution in [2.75, 3.05) is 20.0 Å². The van der Waals surface area contributed by atoms with Crippen LogP contribution in [0.4, 0.5) is 0 Å². The summed E-state index contributed by atoms with van der Waals surface area (Å²) in [5.74, 6) is -0.806. The first-order chi connectivity index (χ1) is 5.75. The molecule has 0 aliphatic carbocycles. The summed E-state index contributed by atoms with van der Waals surface area (Å²) in [4.78, 5) is -0.558. The Bertz CT molecular complexity index is 375. The molecule has 0 atom stereocenters. The maximum Gasteiger partial charge on any atom is 0.293 e. The molecular formula is C5H10O6S2. The molecule has 0 unspecified atom stereocenters. The fraction of sp³-hybridized carbons (Fsp3) is 0.600. The van der Waals surface area contributed by atoms with Gasteiger partial charge in [-0.3, -0.25) is 8.37 Å². The zero-order chi connectivity index (χ0) is 10.7. The van der Waals surface area contributed by atoms with Crippen LogP contribution in [0.1, 0.15) is 0 Å². The summed E-state index contributed by atoms with van der Waals surface area (Å²) in [7, 11) is -6.02. The predicted octanol–water partition coefficient (Wildman–Crippen LogP) is -0.547. The predicted molar refractivity (Wildman–Crippen MR) is 45.9 cm³/mol. The normalized spacial score (nSPS) is 12.8. The van der Waals surface area contributed by atoms with Crippen LogP contribution in [0.15, 0.2) is 11.5 Å². The minimum atomic E-state index is -4.00. The van der Waals surface area contributed by atoms with Crippen LogP contribution >= 0.6 is 0 Å².